The molecule has 84 valence electrons. The summed E-state index contributed by atoms with van der Waals surface area (Å²) >= 11 is 0. The number of nitrogens with zero attached hydrogens (tertiary/aromatic N) is 1. The Morgan fingerprint density at radius 3 is 2.75 bits per heavy atom. The molecule has 16 heavy (non-hydrogen) atoms. The first-order chi connectivity index (χ1) is 7.65. The van der Waals surface area contributed by atoms with Gasteiger partial charge in [-0.3, -0.25) is 4.79 Å². The maximum Gasteiger partial charge on any atom is 0.489 e. The second-order valence-electron chi connectivity index (χ2n) is 3.71. The zero-order valence-corrected chi connectivity index (χ0v) is 8.63. The summed E-state index contributed by atoms with van der Waals surface area (Å²) in [6.45, 7) is 0.570. The van der Waals surface area contributed by atoms with E-state index in [1.807, 2.05) is 0 Å². The van der Waals surface area contributed by atoms with Gasteiger partial charge in [0.2, 0.25) is 0 Å². The van der Waals surface area contributed by atoms with E-state index in [1.165, 1.54) is 11.0 Å². The molecule has 0 radical (unpaired) electrons. The Hall–Kier alpha value is -1.37. The van der Waals surface area contributed by atoms with Crippen molar-refractivity contribution < 1.29 is 19.9 Å². The topological polar surface area (TPSA) is 81.0 Å². The summed E-state index contributed by atoms with van der Waals surface area (Å²) in [4.78, 5) is 13.4. The third kappa shape index (κ3) is 1.71. The number of fused-ring (bicyclic) bond motifs is 1. The maximum atomic E-state index is 11.9. The molecule has 0 saturated carbocycles. The van der Waals surface area contributed by atoms with E-state index in [4.69, 9.17) is 15.2 Å². The fourth-order valence-corrected chi connectivity index (χ4v) is 1.96. The summed E-state index contributed by atoms with van der Waals surface area (Å²) in [5, 5.41) is 27.1. The molecule has 0 spiro atoms. The van der Waals surface area contributed by atoms with E-state index in [1.54, 1.807) is 12.1 Å². The van der Waals surface area contributed by atoms with Crippen molar-refractivity contribution in [1.82, 2.24) is 4.90 Å². The minimum absolute atomic E-state index is 0.100. The molecule has 0 unspecified atom stereocenters. The quantitative estimate of drug-likeness (QED) is 0.532. The number of hydrogen-bond donors (Lipinski definition) is 3. The fourth-order valence-electron chi connectivity index (χ4n) is 1.96. The van der Waals surface area contributed by atoms with Gasteiger partial charge in [0.15, 0.2) is 0 Å². The molecule has 3 N–H and O–H groups in total. The molecule has 5 nitrogen and oxygen atoms in total. The molecule has 0 aliphatic carbocycles. The Morgan fingerprint density at radius 1 is 1.38 bits per heavy atom. The molecular formula is C10H12BNO4. The van der Waals surface area contributed by atoms with Crippen LogP contribution in [0, 0.1) is 0 Å². The smallest absolute Gasteiger partial charge is 0.423 e. The van der Waals surface area contributed by atoms with Crippen molar-refractivity contribution in [3.05, 3.63) is 29.3 Å². The van der Waals surface area contributed by atoms with Crippen LogP contribution in [0.25, 0.3) is 0 Å². The monoisotopic (exact) mass is 221 g/mol. The van der Waals surface area contributed by atoms with Crippen LogP contribution in [0.15, 0.2) is 18.2 Å². The van der Waals surface area contributed by atoms with Crippen molar-refractivity contribution in [2.45, 2.75) is 6.54 Å². The van der Waals surface area contributed by atoms with Gasteiger partial charge in [0.05, 0.1) is 6.61 Å². The Labute approximate surface area is 93.1 Å². The molecule has 0 saturated heterocycles. The Balaban J connectivity index is 2.40. The largest absolute Gasteiger partial charge is 0.489 e. The number of benzene rings is 1. The van der Waals surface area contributed by atoms with E-state index in [0.717, 1.165) is 5.56 Å². The lowest BCUT2D eigenvalue weighted by Gasteiger charge is -2.13. The first-order valence-corrected chi connectivity index (χ1v) is 5.03. The minimum Gasteiger partial charge on any atom is -0.423 e. The summed E-state index contributed by atoms with van der Waals surface area (Å²) in [6.07, 6.45) is 0. The lowest BCUT2D eigenvalue weighted by molar-refractivity contribution is 0.0746. The maximum absolute atomic E-state index is 11.9. The van der Waals surface area contributed by atoms with Crippen LogP contribution < -0.4 is 5.46 Å². The third-order valence-corrected chi connectivity index (χ3v) is 2.69. The van der Waals surface area contributed by atoms with Gasteiger partial charge >= 0.3 is 7.12 Å². The van der Waals surface area contributed by atoms with Gasteiger partial charge in [-0.05, 0) is 11.0 Å². The van der Waals surface area contributed by atoms with E-state index < -0.39 is 7.12 Å². The molecule has 1 heterocycles. The number of carbonyl (C=O) groups excluding carboxylic acids is 1. The van der Waals surface area contributed by atoms with Gasteiger partial charge in [-0.15, -0.1) is 0 Å². The average Bonchev–Trinajstić information content (AvgIpc) is 2.57. The van der Waals surface area contributed by atoms with E-state index >= 15 is 0 Å². The number of aliphatic hydroxyl groups excluding tert-OH is 1. The number of aliphatic hydroxyl groups is 1. The van der Waals surface area contributed by atoms with Crippen LogP contribution in [-0.2, 0) is 6.54 Å². The summed E-state index contributed by atoms with van der Waals surface area (Å²) in [5.74, 6) is -0.257. The summed E-state index contributed by atoms with van der Waals surface area (Å²) in [5.41, 5.74) is 1.35. The highest BCUT2D eigenvalue weighted by molar-refractivity contribution is 6.60. The van der Waals surface area contributed by atoms with Crippen molar-refractivity contribution in [1.29, 1.82) is 0 Å². The number of rotatable bonds is 3. The molecule has 1 aliphatic heterocycles. The molecule has 1 aromatic carbocycles. The van der Waals surface area contributed by atoms with Crippen LogP contribution in [0.1, 0.15) is 15.9 Å². The first kappa shape index (κ1) is 11.1. The van der Waals surface area contributed by atoms with Gasteiger partial charge in [-0.25, -0.2) is 0 Å². The van der Waals surface area contributed by atoms with Crippen LogP contribution in [0.3, 0.4) is 0 Å². The van der Waals surface area contributed by atoms with Crippen molar-refractivity contribution in [2.75, 3.05) is 13.2 Å². The van der Waals surface area contributed by atoms with Gasteiger partial charge < -0.3 is 20.1 Å². The fraction of sp³-hybridized carbons (Fsp3) is 0.300. The molecule has 1 aromatic rings. The average molecular weight is 221 g/mol. The van der Waals surface area contributed by atoms with Crippen LogP contribution in [0.2, 0.25) is 0 Å². The number of amides is 1. The SMILES string of the molecule is O=C1c2c(cccc2B(O)O)CN1CCO. The molecule has 0 aromatic heterocycles. The zero-order valence-electron chi connectivity index (χ0n) is 8.63. The minimum atomic E-state index is -1.65. The summed E-state index contributed by atoms with van der Waals surface area (Å²) in [7, 11) is -1.65. The second-order valence-corrected chi connectivity index (χ2v) is 3.71. The van der Waals surface area contributed by atoms with E-state index in [-0.39, 0.29) is 24.5 Å². The van der Waals surface area contributed by atoms with Gasteiger partial charge in [-0.2, -0.15) is 0 Å². The van der Waals surface area contributed by atoms with Crippen molar-refractivity contribution >= 4 is 18.5 Å². The van der Waals surface area contributed by atoms with Crippen LogP contribution in [-0.4, -0.2) is 46.2 Å². The lowest BCUT2D eigenvalue weighted by Crippen LogP contribution is -2.36. The molecule has 2 rings (SSSR count). The van der Waals surface area contributed by atoms with Crippen LogP contribution in [0.5, 0.6) is 0 Å². The first-order valence-electron chi connectivity index (χ1n) is 5.03. The number of hydrogen-bond acceptors (Lipinski definition) is 4. The van der Waals surface area contributed by atoms with Crippen molar-refractivity contribution in [3.8, 4) is 0 Å². The highest BCUT2D eigenvalue weighted by Gasteiger charge is 2.32. The predicted molar refractivity (Wildman–Crippen MR) is 58.1 cm³/mol. The van der Waals surface area contributed by atoms with Gasteiger partial charge in [-0.1, -0.05) is 18.2 Å². The molecule has 1 aliphatic rings. The van der Waals surface area contributed by atoms with E-state index in [2.05, 4.69) is 0 Å². The van der Waals surface area contributed by atoms with Crippen LogP contribution in [0.4, 0.5) is 0 Å². The number of β-amino-alcohol motifs (C(OH)–C–C–N with tert-alkyl or cyclic N) is 1. The Kier molecular flexibility index (Phi) is 2.96. The summed E-state index contributed by atoms with van der Waals surface area (Å²) in [6, 6.07) is 4.98. The predicted octanol–water partition coefficient (Wildman–Crippen LogP) is -1.69. The molecule has 0 bridgehead atoms. The lowest BCUT2D eigenvalue weighted by atomic mass is 9.76. The van der Waals surface area contributed by atoms with Gasteiger partial charge in [0.25, 0.3) is 5.91 Å². The van der Waals surface area contributed by atoms with Gasteiger partial charge in [0.1, 0.15) is 0 Å². The van der Waals surface area contributed by atoms with Crippen molar-refractivity contribution in [3.63, 3.8) is 0 Å². The normalized spacial score (nSPS) is 14.2. The van der Waals surface area contributed by atoms with Crippen LogP contribution >= 0.6 is 0 Å². The molecular weight excluding hydrogens is 209 g/mol. The summed E-state index contributed by atoms with van der Waals surface area (Å²) < 4.78 is 0. The molecule has 0 atom stereocenters. The second kappa shape index (κ2) is 4.25. The third-order valence-electron chi connectivity index (χ3n) is 2.69. The van der Waals surface area contributed by atoms with Crippen molar-refractivity contribution in [2.24, 2.45) is 0 Å². The van der Waals surface area contributed by atoms with E-state index in [0.29, 0.717) is 12.1 Å². The standard InChI is InChI=1S/C10H12BNO4/c13-5-4-12-6-7-2-1-3-8(11(15)16)9(7)10(12)14/h1-3,13,15-16H,4-6H2. The molecule has 6 heteroatoms. The molecule has 1 amide bonds. The van der Waals surface area contributed by atoms with E-state index in [9.17, 15) is 4.79 Å². The Morgan fingerprint density at radius 2 is 2.12 bits per heavy atom. The molecule has 0 fully saturated rings. The van der Waals surface area contributed by atoms with Gasteiger partial charge in [0, 0.05) is 18.7 Å². The zero-order chi connectivity index (χ0) is 11.7. The highest BCUT2D eigenvalue weighted by atomic mass is 16.4. The Bertz CT molecular complexity index is 421. The highest BCUT2D eigenvalue weighted by Crippen LogP contribution is 2.20. The number of carbonyl (C=O) groups is 1.